The van der Waals surface area contributed by atoms with Crippen LogP contribution in [0.25, 0.3) is 0 Å². The lowest BCUT2D eigenvalue weighted by Gasteiger charge is -2.30. The maximum atomic E-state index is 11.8. The van der Waals surface area contributed by atoms with Crippen molar-refractivity contribution in [1.82, 2.24) is 0 Å². The standard InChI is InChI=1S/C12H16N2OS/c1-16-8-4-7-14-11-6-3-2-5-10(11)13-9-12(14)15/h2-3,5-6,13H,4,7-9H2,1H3. The van der Waals surface area contributed by atoms with E-state index in [4.69, 9.17) is 0 Å². The Morgan fingerprint density at radius 3 is 3.06 bits per heavy atom. The van der Waals surface area contributed by atoms with Crippen LogP contribution < -0.4 is 10.2 Å². The predicted octanol–water partition coefficient (Wildman–Crippen LogP) is 2.20. The number of para-hydroxylation sites is 2. The van der Waals surface area contributed by atoms with Gasteiger partial charge in [-0.05, 0) is 30.6 Å². The topological polar surface area (TPSA) is 32.3 Å². The molecule has 0 spiro atoms. The lowest BCUT2D eigenvalue weighted by Crippen LogP contribution is -2.40. The molecule has 86 valence electrons. The average molecular weight is 236 g/mol. The van der Waals surface area contributed by atoms with E-state index in [1.807, 2.05) is 40.9 Å². The summed E-state index contributed by atoms with van der Waals surface area (Å²) in [5.74, 6) is 1.26. The number of carbonyl (C=O) groups is 1. The van der Waals surface area contributed by atoms with Gasteiger partial charge in [0.2, 0.25) is 5.91 Å². The zero-order valence-corrected chi connectivity index (χ0v) is 10.2. The van der Waals surface area contributed by atoms with Gasteiger partial charge < -0.3 is 10.2 Å². The van der Waals surface area contributed by atoms with Gasteiger partial charge in [-0.2, -0.15) is 11.8 Å². The van der Waals surface area contributed by atoms with Gasteiger partial charge in [-0.1, -0.05) is 12.1 Å². The molecule has 0 atom stereocenters. The first-order valence-corrected chi connectivity index (χ1v) is 6.84. The summed E-state index contributed by atoms with van der Waals surface area (Å²) < 4.78 is 0. The lowest BCUT2D eigenvalue weighted by atomic mass is 10.2. The molecular formula is C12H16N2OS. The van der Waals surface area contributed by atoms with E-state index in [0.29, 0.717) is 6.54 Å². The first-order valence-electron chi connectivity index (χ1n) is 5.45. The van der Waals surface area contributed by atoms with Gasteiger partial charge in [0, 0.05) is 6.54 Å². The minimum absolute atomic E-state index is 0.166. The fourth-order valence-corrected chi connectivity index (χ4v) is 2.29. The van der Waals surface area contributed by atoms with Crippen molar-refractivity contribution < 1.29 is 4.79 Å². The molecular weight excluding hydrogens is 220 g/mol. The molecule has 1 N–H and O–H groups in total. The second kappa shape index (κ2) is 5.25. The molecule has 1 aliphatic heterocycles. The van der Waals surface area contributed by atoms with Crippen molar-refractivity contribution >= 4 is 29.0 Å². The quantitative estimate of drug-likeness (QED) is 0.813. The minimum atomic E-state index is 0.166. The van der Waals surface area contributed by atoms with Crippen LogP contribution in [0.15, 0.2) is 24.3 Å². The molecule has 0 aliphatic carbocycles. The molecule has 1 heterocycles. The van der Waals surface area contributed by atoms with Gasteiger partial charge in [-0.15, -0.1) is 0 Å². The number of fused-ring (bicyclic) bond motifs is 1. The maximum Gasteiger partial charge on any atom is 0.246 e. The van der Waals surface area contributed by atoms with Crippen LogP contribution in [0.4, 0.5) is 11.4 Å². The summed E-state index contributed by atoms with van der Waals surface area (Å²) in [5.41, 5.74) is 2.08. The van der Waals surface area contributed by atoms with Gasteiger partial charge in [0.1, 0.15) is 0 Å². The summed E-state index contributed by atoms with van der Waals surface area (Å²) >= 11 is 1.82. The SMILES string of the molecule is CSCCCN1C(=O)CNc2ccccc21. The van der Waals surface area contributed by atoms with Gasteiger partial charge in [0.05, 0.1) is 17.9 Å². The molecule has 1 aromatic rings. The van der Waals surface area contributed by atoms with Crippen molar-refractivity contribution in [3.8, 4) is 0 Å². The van der Waals surface area contributed by atoms with Gasteiger partial charge in [-0.25, -0.2) is 0 Å². The highest BCUT2D eigenvalue weighted by Crippen LogP contribution is 2.28. The third-order valence-corrected chi connectivity index (χ3v) is 3.35. The number of carbonyl (C=O) groups excluding carboxylic acids is 1. The predicted molar refractivity (Wildman–Crippen MR) is 70.3 cm³/mol. The highest BCUT2D eigenvalue weighted by molar-refractivity contribution is 7.98. The Morgan fingerprint density at radius 2 is 2.25 bits per heavy atom. The van der Waals surface area contributed by atoms with E-state index >= 15 is 0 Å². The zero-order valence-electron chi connectivity index (χ0n) is 9.40. The lowest BCUT2D eigenvalue weighted by molar-refractivity contribution is -0.117. The molecule has 1 amide bonds. The second-order valence-corrected chi connectivity index (χ2v) is 4.75. The van der Waals surface area contributed by atoms with Crippen molar-refractivity contribution in [2.75, 3.05) is 35.3 Å². The van der Waals surface area contributed by atoms with Crippen LogP contribution in [0.1, 0.15) is 6.42 Å². The number of thioether (sulfide) groups is 1. The van der Waals surface area contributed by atoms with E-state index in [1.165, 1.54) is 0 Å². The molecule has 0 radical (unpaired) electrons. The molecule has 1 aromatic carbocycles. The fourth-order valence-electron chi connectivity index (χ4n) is 1.87. The number of hydrogen-bond donors (Lipinski definition) is 1. The van der Waals surface area contributed by atoms with Gasteiger partial charge in [0.15, 0.2) is 0 Å². The monoisotopic (exact) mass is 236 g/mol. The van der Waals surface area contributed by atoms with Gasteiger partial charge in [0.25, 0.3) is 0 Å². The molecule has 4 heteroatoms. The van der Waals surface area contributed by atoms with E-state index < -0.39 is 0 Å². The van der Waals surface area contributed by atoms with Crippen molar-refractivity contribution in [3.63, 3.8) is 0 Å². The van der Waals surface area contributed by atoms with Crippen LogP contribution in [0.5, 0.6) is 0 Å². The first-order chi connectivity index (χ1) is 7.83. The molecule has 3 nitrogen and oxygen atoms in total. The summed E-state index contributed by atoms with van der Waals surface area (Å²) in [6, 6.07) is 7.98. The van der Waals surface area contributed by atoms with E-state index in [9.17, 15) is 4.79 Å². The van der Waals surface area contributed by atoms with E-state index in [1.54, 1.807) is 0 Å². The minimum Gasteiger partial charge on any atom is -0.374 e. The number of nitrogens with one attached hydrogen (secondary N) is 1. The zero-order chi connectivity index (χ0) is 11.4. The molecule has 0 bridgehead atoms. The third-order valence-electron chi connectivity index (χ3n) is 2.66. The Morgan fingerprint density at radius 1 is 1.44 bits per heavy atom. The van der Waals surface area contributed by atoms with E-state index in [2.05, 4.69) is 11.6 Å². The van der Waals surface area contributed by atoms with E-state index in [-0.39, 0.29) is 5.91 Å². The van der Waals surface area contributed by atoms with Crippen LogP contribution in [0.2, 0.25) is 0 Å². The van der Waals surface area contributed by atoms with E-state index in [0.717, 1.165) is 30.1 Å². The number of benzene rings is 1. The Labute approximate surface area is 100 Å². The number of rotatable bonds is 4. The third kappa shape index (κ3) is 2.32. The Bertz CT molecular complexity index is 381. The molecule has 0 saturated carbocycles. The number of hydrogen-bond acceptors (Lipinski definition) is 3. The number of anilines is 2. The van der Waals surface area contributed by atoms with Crippen LogP contribution in [0.3, 0.4) is 0 Å². The van der Waals surface area contributed by atoms with Crippen LogP contribution in [-0.2, 0) is 4.79 Å². The molecule has 0 aromatic heterocycles. The summed E-state index contributed by atoms with van der Waals surface area (Å²) in [7, 11) is 0. The average Bonchev–Trinajstić information content (AvgIpc) is 2.32. The van der Waals surface area contributed by atoms with Crippen molar-refractivity contribution in [1.29, 1.82) is 0 Å². The Kier molecular flexibility index (Phi) is 3.72. The van der Waals surface area contributed by atoms with Crippen molar-refractivity contribution in [2.45, 2.75) is 6.42 Å². The number of nitrogens with zero attached hydrogens (tertiary/aromatic N) is 1. The summed E-state index contributed by atoms with van der Waals surface area (Å²) in [6.45, 7) is 1.23. The van der Waals surface area contributed by atoms with Gasteiger partial charge in [-0.3, -0.25) is 4.79 Å². The summed E-state index contributed by atoms with van der Waals surface area (Å²) in [5, 5.41) is 3.14. The van der Waals surface area contributed by atoms with Crippen LogP contribution in [-0.4, -0.2) is 31.0 Å². The maximum absolute atomic E-state index is 11.8. The van der Waals surface area contributed by atoms with Gasteiger partial charge >= 0.3 is 0 Å². The highest BCUT2D eigenvalue weighted by Gasteiger charge is 2.22. The summed E-state index contributed by atoms with van der Waals surface area (Å²) in [4.78, 5) is 13.7. The first kappa shape index (κ1) is 11.3. The van der Waals surface area contributed by atoms with Crippen molar-refractivity contribution in [2.24, 2.45) is 0 Å². The normalized spacial score (nSPS) is 14.6. The fraction of sp³-hybridized carbons (Fsp3) is 0.417. The smallest absolute Gasteiger partial charge is 0.246 e. The molecule has 0 fully saturated rings. The molecule has 2 rings (SSSR count). The molecule has 0 saturated heterocycles. The van der Waals surface area contributed by atoms with Crippen LogP contribution in [0, 0.1) is 0 Å². The Hall–Kier alpha value is -1.16. The van der Waals surface area contributed by atoms with Crippen molar-refractivity contribution in [3.05, 3.63) is 24.3 Å². The molecule has 16 heavy (non-hydrogen) atoms. The highest BCUT2D eigenvalue weighted by atomic mass is 32.2. The number of amides is 1. The second-order valence-electron chi connectivity index (χ2n) is 3.76. The Balaban J connectivity index is 2.13. The summed E-state index contributed by atoms with van der Waals surface area (Å²) in [6.07, 6.45) is 3.13. The molecule has 1 aliphatic rings. The molecule has 0 unspecified atom stereocenters. The largest absolute Gasteiger partial charge is 0.374 e. The van der Waals surface area contributed by atoms with Crippen LogP contribution >= 0.6 is 11.8 Å².